The van der Waals surface area contributed by atoms with E-state index in [2.05, 4.69) is 15.3 Å². The van der Waals surface area contributed by atoms with E-state index in [1.165, 1.54) is 6.20 Å². The monoisotopic (exact) mass is 352 g/mol. The zero-order chi connectivity index (χ0) is 18.0. The molecule has 2 aromatic rings. The van der Waals surface area contributed by atoms with Crippen LogP contribution in [0.3, 0.4) is 0 Å². The van der Waals surface area contributed by atoms with Crippen LogP contribution < -0.4 is 10.1 Å². The first-order valence-corrected chi connectivity index (χ1v) is 9.19. The van der Waals surface area contributed by atoms with Gasteiger partial charge in [-0.3, -0.25) is 9.78 Å². The molecule has 1 aromatic carbocycles. The largest absolute Gasteiger partial charge is 0.485 e. The third-order valence-corrected chi connectivity index (χ3v) is 5.51. The molecule has 1 aliphatic heterocycles. The van der Waals surface area contributed by atoms with Crippen molar-refractivity contribution in [3.8, 4) is 5.75 Å². The van der Waals surface area contributed by atoms with Gasteiger partial charge in [0.2, 0.25) is 0 Å². The number of carbonyl (C=O) groups is 1. The summed E-state index contributed by atoms with van der Waals surface area (Å²) >= 11 is 0. The second-order valence-corrected chi connectivity index (χ2v) is 7.21. The minimum absolute atomic E-state index is 0.0893. The zero-order valence-electron chi connectivity index (χ0n) is 15.0. The molecule has 1 spiro atoms. The number of para-hydroxylation sites is 1. The van der Waals surface area contributed by atoms with Crippen LogP contribution in [0.5, 0.6) is 5.75 Å². The van der Waals surface area contributed by atoms with E-state index in [4.69, 9.17) is 4.74 Å². The van der Waals surface area contributed by atoms with Gasteiger partial charge in [0.15, 0.2) is 0 Å². The smallest absolute Gasteiger partial charge is 0.274 e. The fourth-order valence-electron chi connectivity index (χ4n) is 4.02. The molecule has 136 valence electrons. The van der Waals surface area contributed by atoms with Gasteiger partial charge < -0.3 is 15.0 Å². The Morgan fingerprint density at radius 1 is 1.27 bits per heavy atom. The molecule has 1 fully saturated rings. The number of benzene rings is 1. The van der Waals surface area contributed by atoms with Gasteiger partial charge in [0.05, 0.1) is 12.7 Å². The first-order valence-electron chi connectivity index (χ1n) is 9.19. The average molecular weight is 352 g/mol. The third kappa shape index (κ3) is 3.29. The lowest BCUT2D eigenvalue weighted by atomic mass is 9.81. The zero-order valence-corrected chi connectivity index (χ0v) is 15.0. The highest BCUT2D eigenvalue weighted by Gasteiger charge is 2.42. The first kappa shape index (κ1) is 17.0. The SMILES string of the molecule is CNC1CCC2(CC1)CN(C(=O)c1cnccn1)Cc1ccccc1O2. The molecular formula is C20H24N4O2. The molecule has 0 saturated heterocycles. The molecule has 1 N–H and O–H groups in total. The van der Waals surface area contributed by atoms with Gasteiger partial charge in [-0.15, -0.1) is 0 Å². The topological polar surface area (TPSA) is 67.4 Å². The van der Waals surface area contributed by atoms with Gasteiger partial charge in [-0.05, 0) is 38.8 Å². The number of nitrogens with zero attached hydrogens (tertiary/aromatic N) is 3. The molecule has 26 heavy (non-hydrogen) atoms. The fraction of sp³-hybridized carbons (Fsp3) is 0.450. The second kappa shape index (κ2) is 7.03. The molecular weight excluding hydrogens is 328 g/mol. The standard InChI is InChI=1S/C20H24N4O2/c1-21-16-6-8-20(9-7-16)14-24(19(25)17-12-22-10-11-23-17)13-15-4-2-3-5-18(15)26-20/h2-5,10-12,16,21H,6-9,13-14H2,1H3. The Labute approximate surface area is 153 Å². The molecule has 0 bridgehead atoms. The summed E-state index contributed by atoms with van der Waals surface area (Å²) in [6.45, 7) is 1.11. The minimum Gasteiger partial charge on any atom is -0.485 e. The lowest BCUT2D eigenvalue weighted by molar-refractivity contribution is 0.000267. The van der Waals surface area contributed by atoms with Gasteiger partial charge in [-0.25, -0.2) is 4.98 Å². The van der Waals surface area contributed by atoms with Gasteiger partial charge in [-0.2, -0.15) is 0 Å². The highest BCUT2D eigenvalue weighted by molar-refractivity contribution is 5.92. The maximum absolute atomic E-state index is 13.1. The Morgan fingerprint density at radius 3 is 2.81 bits per heavy atom. The lowest BCUT2D eigenvalue weighted by Gasteiger charge is -2.41. The second-order valence-electron chi connectivity index (χ2n) is 7.21. The van der Waals surface area contributed by atoms with Crippen LogP contribution in [0.25, 0.3) is 0 Å². The summed E-state index contributed by atoms with van der Waals surface area (Å²) in [7, 11) is 2.01. The number of ether oxygens (including phenoxy) is 1. The molecule has 0 radical (unpaired) electrons. The van der Waals surface area contributed by atoms with Crippen molar-refractivity contribution in [3.63, 3.8) is 0 Å². The van der Waals surface area contributed by atoms with Crippen molar-refractivity contribution in [1.29, 1.82) is 0 Å². The summed E-state index contributed by atoms with van der Waals surface area (Å²) in [5, 5.41) is 3.37. The van der Waals surface area contributed by atoms with E-state index in [1.54, 1.807) is 12.4 Å². The summed E-state index contributed by atoms with van der Waals surface area (Å²) in [5.74, 6) is 0.804. The predicted molar refractivity (Wildman–Crippen MR) is 97.9 cm³/mol. The van der Waals surface area contributed by atoms with E-state index in [0.717, 1.165) is 37.0 Å². The van der Waals surface area contributed by atoms with E-state index in [1.807, 2.05) is 36.2 Å². The predicted octanol–water partition coefficient (Wildman–Crippen LogP) is 2.41. The van der Waals surface area contributed by atoms with Crippen LogP contribution in [0, 0.1) is 0 Å². The van der Waals surface area contributed by atoms with Crippen molar-refractivity contribution < 1.29 is 9.53 Å². The molecule has 6 nitrogen and oxygen atoms in total. The molecule has 1 amide bonds. The molecule has 2 heterocycles. The van der Waals surface area contributed by atoms with Crippen molar-refractivity contribution in [2.24, 2.45) is 0 Å². The van der Waals surface area contributed by atoms with Crippen LogP contribution in [0.2, 0.25) is 0 Å². The van der Waals surface area contributed by atoms with E-state index in [-0.39, 0.29) is 11.5 Å². The Bertz CT molecular complexity index is 772. The summed E-state index contributed by atoms with van der Waals surface area (Å²) in [6, 6.07) is 8.55. The van der Waals surface area contributed by atoms with Crippen LogP contribution in [-0.4, -0.2) is 46.0 Å². The van der Waals surface area contributed by atoms with E-state index < -0.39 is 0 Å². The van der Waals surface area contributed by atoms with Crippen LogP contribution in [-0.2, 0) is 6.54 Å². The number of amides is 1. The fourth-order valence-corrected chi connectivity index (χ4v) is 4.02. The van der Waals surface area contributed by atoms with Gasteiger partial charge >= 0.3 is 0 Å². The van der Waals surface area contributed by atoms with E-state index in [0.29, 0.717) is 24.8 Å². The molecule has 1 saturated carbocycles. The van der Waals surface area contributed by atoms with Gasteiger partial charge in [-0.1, -0.05) is 18.2 Å². The Kier molecular flexibility index (Phi) is 4.59. The normalized spacial score (nSPS) is 25.3. The maximum atomic E-state index is 13.1. The van der Waals surface area contributed by atoms with Gasteiger partial charge in [0.25, 0.3) is 5.91 Å². The van der Waals surface area contributed by atoms with Crippen molar-refractivity contribution >= 4 is 5.91 Å². The van der Waals surface area contributed by atoms with Crippen molar-refractivity contribution in [2.45, 2.75) is 43.9 Å². The van der Waals surface area contributed by atoms with Crippen molar-refractivity contribution in [1.82, 2.24) is 20.2 Å². The molecule has 6 heteroatoms. The minimum atomic E-state index is -0.335. The van der Waals surface area contributed by atoms with Crippen LogP contribution in [0.4, 0.5) is 0 Å². The Hall–Kier alpha value is -2.47. The molecule has 0 unspecified atom stereocenters. The van der Waals surface area contributed by atoms with Crippen molar-refractivity contribution in [3.05, 3.63) is 54.1 Å². The van der Waals surface area contributed by atoms with E-state index in [9.17, 15) is 4.79 Å². The Morgan fingerprint density at radius 2 is 2.08 bits per heavy atom. The third-order valence-electron chi connectivity index (χ3n) is 5.51. The van der Waals surface area contributed by atoms with Gasteiger partial charge in [0.1, 0.15) is 17.0 Å². The van der Waals surface area contributed by atoms with Crippen molar-refractivity contribution in [2.75, 3.05) is 13.6 Å². The van der Waals surface area contributed by atoms with Crippen LogP contribution >= 0.6 is 0 Å². The highest BCUT2D eigenvalue weighted by Crippen LogP contribution is 2.38. The molecule has 1 aliphatic carbocycles. The lowest BCUT2D eigenvalue weighted by Crippen LogP contribution is -2.51. The number of carbonyl (C=O) groups excluding carboxylic acids is 1. The number of fused-ring (bicyclic) bond motifs is 1. The summed E-state index contributed by atoms with van der Waals surface area (Å²) < 4.78 is 6.54. The number of hydrogen-bond acceptors (Lipinski definition) is 5. The molecule has 4 rings (SSSR count). The highest BCUT2D eigenvalue weighted by atomic mass is 16.5. The average Bonchev–Trinajstić information content (AvgIpc) is 2.85. The number of aromatic nitrogens is 2. The number of rotatable bonds is 2. The summed E-state index contributed by atoms with van der Waals surface area (Å²) in [4.78, 5) is 23.2. The van der Waals surface area contributed by atoms with Gasteiger partial charge in [0, 0.05) is 30.5 Å². The molecule has 2 aliphatic rings. The maximum Gasteiger partial charge on any atom is 0.274 e. The van der Waals surface area contributed by atoms with E-state index >= 15 is 0 Å². The quantitative estimate of drug-likeness (QED) is 0.899. The summed E-state index contributed by atoms with van der Waals surface area (Å²) in [5.41, 5.74) is 1.08. The Balaban J connectivity index is 1.66. The number of nitrogens with one attached hydrogen (secondary N) is 1. The summed E-state index contributed by atoms with van der Waals surface area (Å²) in [6.07, 6.45) is 8.62. The van der Waals surface area contributed by atoms with Crippen LogP contribution in [0.15, 0.2) is 42.9 Å². The first-order chi connectivity index (χ1) is 12.7. The molecule has 1 aromatic heterocycles. The number of hydrogen-bond donors (Lipinski definition) is 1. The van der Waals surface area contributed by atoms with Crippen LogP contribution in [0.1, 0.15) is 41.7 Å². The molecule has 0 atom stereocenters.